The zero-order chi connectivity index (χ0) is 49.0. The number of hydrogen-bond donors (Lipinski definition) is 3. The summed E-state index contributed by atoms with van der Waals surface area (Å²) in [5, 5.41) is 15.5. The number of carboxylic acid groups (broad SMARTS) is 1. The molecule has 0 bridgehead atoms. The molecule has 5 aliphatic rings. The van der Waals surface area contributed by atoms with Crippen molar-refractivity contribution >= 4 is 51.9 Å². The minimum Gasteiger partial charge on any atom is -0.478 e. The summed E-state index contributed by atoms with van der Waals surface area (Å²) < 4.78 is 17.9. The van der Waals surface area contributed by atoms with Crippen molar-refractivity contribution in [2.45, 2.75) is 128 Å². The van der Waals surface area contributed by atoms with Gasteiger partial charge in [-0.15, -0.1) is 0 Å². The van der Waals surface area contributed by atoms with Gasteiger partial charge < -0.3 is 35.0 Å². The first kappa shape index (κ1) is 47.5. The van der Waals surface area contributed by atoms with E-state index in [0.29, 0.717) is 78.1 Å². The molecule has 10 rings (SSSR count). The van der Waals surface area contributed by atoms with Gasteiger partial charge in [-0.2, -0.15) is 0 Å². The van der Waals surface area contributed by atoms with Crippen molar-refractivity contribution < 1.29 is 28.7 Å². The molecule has 3 N–H and O–H groups in total. The minimum atomic E-state index is -0.928. The quantitative estimate of drug-likeness (QED) is 0.111. The highest BCUT2D eigenvalue weighted by atomic mass is 19.1. The number of imidazole rings is 1. The topological polar surface area (TPSA) is 156 Å². The molecule has 5 aromatic rings. The number of amides is 3. The van der Waals surface area contributed by atoms with Crippen LogP contribution in [-0.2, 0) is 15.0 Å². The van der Waals surface area contributed by atoms with Gasteiger partial charge in [-0.05, 0) is 171 Å². The average molecular weight is 952 g/mol. The largest absolute Gasteiger partial charge is 0.478 e. The van der Waals surface area contributed by atoms with E-state index in [-0.39, 0.29) is 47.1 Å². The van der Waals surface area contributed by atoms with Crippen LogP contribution >= 0.6 is 0 Å². The number of pyridine rings is 1. The lowest BCUT2D eigenvalue weighted by Gasteiger charge is -2.48. The van der Waals surface area contributed by atoms with Gasteiger partial charge >= 0.3 is 5.97 Å². The van der Waals surface area contributed by atoms with Crippen LogP contribution in [0.2, 0.25) is 0 Å². The van der Waals surface area contributed by atoms with E-state index < -0.39 is 17.2 Å². The van der Waals surface area contributed by atoms with E-state index in [1.807, 2.05) is 47.6 Å². The van der Waals surface area contributed by atoms with Gasteiger partial charge in [-0.25, -0.2) is 19.2 Å². The Kier molecular flexibility index (Phi) is 13.0. The van der Waals surface area contributed by atoms with E-state index in [1.54, 1.807) is 31.5 Å². The molecule has 4 fully saturated rings. The van der Waals surface area contributed by atoms with Gasteiger partial charge in [0.05, 0.1) is 40.7 Å². The molecule has 3 saturated heterocycles. The number of likely N-dealkylation sites (tertiary alicyclic amines) is 3. The second kappa shape index (κ2) is 19.2. The van der Waals surface area contributed by atoms with Crippen LogP contribution in [0.3, 0.4) is 0 Å². The molecule has 1 saturated carbocycles. The molecule has 4 aliphatic heterocycles. The predicted molar refractivity (Wildman–Crippen MR) is 269 cm³/mol. The third-order valence-electron chi connectivity index (χ3n) is 15.9. The molecule has 6 heterocycles. The number of rotatable bonds is 12. The summed E-state index contributed by atoms with van der Waals surface area (Å²) in [7, 11) is 0. The normalized spacial score (nSPS) is 20.9. The number of aromatic carboxylic acids is 1. The number of aromatic nitrogens is 3. The first-order valence-electron chi connectivity index (χ1n) is 25.5. The van der Waals surface area contributed by atoms with Gasteiger partial charge in [0.25, 0.3) is 5.91 Å². The number of carboxylic acids is 1. The maximum absolute atomic E-state index is 15.9. The number of halogens is 1. The van der Waals surface area contributed by atoms with E-state index >= 15 is 9.18 Å². The Morgan fingerprint density at radius 2 is 1.59 bits per heavy atom. The lowest BCUT2D eigenvalue weighted by Crippen LogP contribution is -2.58. The van der Waals surface area contributed by atoms with Crippen LogP contribution in [0.5, 0.6) is 0 Å². The second-order valence-corrected chi connectivity index (χ2v) is 21.1. The van der Waals surface area contributed by atoms with Crippen molar-refractivity contribution in [1.29, 1.82) is 0 Å². The SMILES string of the molecule is Cc1cc(F)c(Nc2nc(-c3ccc4c(c3)N(C3CC(N5CCCCC5)C3)C(=O)C43CCN(C(=O)CN4CCC(c5ccc(C(=O)O)cc5)CC4)CC3)cc3ncn(C(C)C)c23)cc1C(=O)NC(C)C. The summed E-state index contributed by atoms with van der Waals surface area (Å²) >= 11 is 0. The molecule has 0 unspecified atom stereocenters. The molecular weight excluding hydrogens is 886 g/mol. The molecular formula is C55H66FN9O5. The fourth-order valence-electron chi connectivity index (χ4n) is 11.9. The van der Waals surface area contributed by atoms with Gasteiger partial charge in [0.1, 0.15) is 11.3 Å². The van der Waals surface area contributed by atoms with Crippen molar-refractivity contribution in [2.24, 2.45) is 0 Å². The number of piperidine rings is 3. The average Bonchev–Trinajstić information content (AvgIpc) is 3.87. The van der Waals surface area contributed by atoms with Gasteiger partial charge in [0, 0.05) is 54.1 Å². The monoisotopic (exact) mass is 952 g/mol. The molecule has 2 aromatic heterocycles. The van der Waals surface area contributed by atoms with E-state index in [9.17, 15) is 19.5 Å². The smallest absolute Gasteiger partial charge is 0.335 e. The van der Waals surface area contributed by atoms with E-state index in [1.165, 1.54) is 25.3 Å². The zero-order valence-electron chi connectivity index (χ0n) is 41.1. The fourth-order valence-corrected chi connectivity index (χ4v) is 11.9. The Bertz CT molecular complexity index is 2810. The molecule has 1 aliphatic carbocycles. The molecule has 0 radical (unpaired) electrons. The molecule has 0 atom stereocenters. The number of hydrogen-bond acceptors (Lipinski definition) is 9. The molecule has 3 amide bonds. The number of aryl methyl sites for hydroxylation is 1. The second-order valence-electron chi connectivity index (χ2n) is 21.1. The van der Waals surface area contributed by atoms with Gasteiger partial charge in [-0.1, -0.05) is 30.7 Å². The number of nitrogens with zero attached hydrogens (tertiary/aromatic N) is 7. The van der Waals surface area contributed by atoms with E-state index in [4.69, 9.17) is 9.97 Å². The summed E-state index contributed by atoms with van der Waals surface area (Å²) in [6.45, 7) is 14.7. The Hall–Kier alpha value is -6.19. The fraction of sp³-hybridized carbons (Fsp3) is 0.491. The molecule has 1 spiro atoms. The third-order valence-corrected chi connectivity index (χ3v) is 15.9. The molecule has 70 heavy (non-hydrogen) atoms. The molecule has 3 aromatic carbocycles. The predicted octanol–water partition coefficient (Wildman–Crippen LogP) is 8.81. The summed E-state index contributed by atoms with van der Waals surface area (Å²) in [6, 6.07) is 18.7. The summed E-state index contributed by atoms with van der Waals surface area (Å²) in [5.74, 6) is -0.776. The van der Waals surface area contributed by atoms with Crippen LogP contribution in [0.4, 0.5) is 21.6 Å². The third kappa shape index (κ3) is 8.95. The van der Waals surface area contributed by atoms with Gasteiger partial charge in [0.2, 0.25) is 11.8 Å². The van der Waals surface area contributed by atoms with Gasteiger partial charge in [-0.3, -0.25) is 19.3 Å². The Morgan fingerprint density at radius 3 is 2.26 bits per heavy atom. The summed E-state index contributed by atoms with van der Waals surface area (Å²) in [6.07, 6.45) is 10.2. The number of benzene rings is 3. The van der Waals surface area contributed by atoms with Crippen molar-refractivity contribution in [3.63, 3.8) is 0 Å². The van der Waals surface area contributed by atoms with Crippen LogP contribution in [0, 0.1) is 12.7 Å². The number of fused-ring (bicyclic) bond motifs is 3. The van der Waals surface area contributed by atoms with Crippen LogP contribution < -0.4 is 15.5 Å². The first-order valence-corrected chi connectivity index (χ1v) is 25.5. The Labute approximate surface area is 409 Å². The van der Waals surface area contributed by atoms with Crippen molar-refractivity contribution in [3.8, 4) is 11.3 Å². The number of carbonyl (C=O) groups is 4. The van der Waals surface area contributed by atoms with Crippen molar-refractivity contribution in [2.75, 3.05) is 56.0 Å². The van der Waals surface area contributed by atoms with Crippen molar-refractivity contribution in [3.05, 3.63) is 101 Å². The van der Waals surface area contributed by atoms with E-state index in [2.05, 4.69) is 51.3 Å². The maximum atomic E-state index is 15.9. The van der Waals surface area contributed by atoms with Crippen LogP contribution in [0.25, 0.3) is 22.3 Å². The highest BCUT2D eigenvalue weighted by Gasteiger charge is 2.56. The number of carbonyl (C=O) groups excluding carboxylic acids is 3. The lowest BCUT2D eigenvalue weighted by molar-refractivity contribution is -0.137. The molecule has 368 valence electrons. The Balaban J connectivity index is 0.917. The molecule has 15 heteroatoms. The number of anilines is 3. The maximum Gasteiger partial charge on any atom is 0.335 e. The lowest BCUT2D eigenvalue weighted by atomic mass is 9.73. The van der Waals surface area contributed by atoms with E-state index in [0.717, 1.165) is 74.2 Å². The zero-order valence-corrected chi connectivity index (χ0v) is 41.1. The minimum absolute atomic E-state index is 0.0261. The van der Waals surface area contributed by atoms with Crippen LogP contribution in [0.1, 0.15) is 135 Å². The van der Waals surface area contributed by atoms with Crippen LogP contribution in [-0.4, -0.2) is 122 Å². The van der Waals surface area contributed by atoms with Crippen molar-refractivity contribution in [1.82, 2.24) is 34.6 Å². The highest BCUT2D eigenvalue weighted by molar-refractivity contribution is 6.09. The Morgan fingerprint density at radius 1 is 0.871 bits per heavy atom. The summed E-state index contributed by atoms with van der Waals surface area (Å²) in [5.41, 5.74) is 6.40. The first-order chi connectivity index (χ1) is 33.7. The standard InChI is InChI=1S/C55H66FN9O5/c1-33(2)58-52(67)42-29-46(44(56)25-35(42)5)60-51-50-47(57-32-64(50)34(3)4)30-45(59-51)39-13-14-43-48(26-39)65(41-27-40(28-41)62-19-7-6-8-20-62)54(70)55(43)17-23-63(24-18-55)49(66)31-61-21-15-37(16-22-61)36-9-11-38(12-10-36)53(68)69/h9-14,25-26,29-30,32-34,37,40-41H,6-8,15-24,27-28,31H2,1-5H3,(H,58,67)(H,59,60)(H,68,69). The highest BCUT2D eigenvalue weighted by Crippen LogP contribution is 2.52. The summed E-state index contributed by atoms with van der Waals surface area (Å²) in [4.78, 5) is 72.6. The van der Waals surface area contributed by atoms with Crippen LogP contribution in [0.15, 0.2) is 67.0 Å². The molecule has 14 nitrogen and oxygen atoms in total. The van der Waals surface area contributed by atoms with Gasteiger partial charge in [0.15, 0.2) is 5.82 Å². The number of nitrogens with one attached hydrogen (secondary N) is 2.